The zero-order valence-electron chi connectivity index (χ0n) is 10.0. The molecule has 0 atom stereocenters. The van der Waals surface area contributed by atoms with Gasteiger partial charge < -0.3 is 5.11 Å². The Bertz CT molecular complexity index is 506. The summed E-state index contributed by atoms with van der Waals surface area (Å²) in [7, 11) is 0. The molecular weight excluding hydrogens is 234 g/mol. The van der Waals surface area contributed by atoms with E-state index in [-0.39, 0.29) is 17.2 Å². The van der Waals surface area contributed by atoms with Crippen LogP contribution in [0.5, 0.6) is 0 Å². The van der Waals surface area contributed by atoms with Gasteiger partial charge in [-0.3, -0.25) is 10.2 Å². The predicted molar refractivity (Wildman–Crippen MR) is 63.5 cm³/mol. The number of aromatic carboxylic acids is 1. The second-order valence-corrected chi connectivity index (χ2v) is 3.86. The van der Waals surface area contributed by atoms with Crippen molar-refractivity contribution in [2.24, 2.45) is 0 Å². The number of hydrogen-bond donors (Lipinski definition) is 2. The third-order valence-corrected chi connectivity index (χ3v) is 2.25. The van der Waals surface area contributed by atoms with Gasteiger partial charge in [-0.05, 0) is 26.0 Å². The van der Waals surface area contributed by atoms with E-state index in [4.69, 9.17) is 10.4 Å². The van der Waals surface area contributed by atoms with Gasteiger partial charge in [0, 0.05) is 0 Å². The number of nitrogens with zero attached hydrogens (tertiary/aromatic N) is 2. The Morgan fingerprint density at radius 2 is 1.89 bits per heavy atom. The Labute approximate surface area is 104 Å². The normalized spacial score (nSPS) is 9.67. The minimum atomic E-state index is -1.19. The number of benzene rings is 1. The molecule has 0 saturated carbocycles. The molecule has 6 nitrogen and oxygen atoms in total. The quantitative estimate of drug-likeness (QED) is 0.474. The van der Waals surface area contributed by atoms with Crippen LogP contribution in [0.25, 0.3) is 0 Å². The van der Waals surface area contributed by atoms with E-state index in [1.165, 1.54) is 18.2 Å². The highest BCUT2D eigenvalue weighted by atomic mass is 16.4. The summed E-state index contributed by atoms with van der Waals surface area (Å²) in [4.78, 5) is 22.8. The molecule has 0 unspecified atom stereocenters. The molecule has 0 aliphatic heterocycles. The van der Waals surface area contributed by atoms with Crippen LogP contribution in [-0.4, -0.2) is 28.0 Å². The molecular formula is C12H13N3O3. The maximum absolute atomic E-state index is 11.9. The van der Waals surface area contributed by atoms with Crippen LogP contribution in [0.1, 0.15) is 34.6 Å². The number of hydrogen-bond acceptors (Lipinski definition) is 4. The van der Waals surface area contributed by atoms with E-state index in [0.717, 1.165) is 5.01 Å². The SMILES string of the molecule is CC(C)N(C#N)NC(=O)c1ccccc1C(=O)O. The lowest BCUT2D eigenvalue weighted by molar-refractivity contribution is 0.0686. The molecule has 0 bridgehead atoms. The highest BCUT2D eigenvalue weighted by molar-refractivity contribution is 6.04. The van der Waals surface area contributed by atoms with Crippen molar-refractivity contribution in [3.05, 3.63) is 35.4 Å². The summed E-state index contributed by atoms with van der Waals surface area (Å²) in [5.41, 5.74) is 2.27. The lowest BCUT2D eigenvalue weighted by Crippen LogP contribution is -2.43. The number of carbonyl (C=O) groups excluding carboxylic acids is 1. The molecule has 0 spiro atoms. The topological polar surface area (TPSA) is 93.4 Å². The van der Waals surface area contributed by atoms with Crippen LogP contribution in [0.2, 0.25) is 0 Å². The van der Waals surface area contributed by atoms with Crippen LogP contribution in [0.15, 0.2) is 24.3 Å². The first-order chi connectivity index (χ1) is 8.47. The monoisotopic (exact) mass is 247 g/mol. The molecule has 1 aromatic carbocycles. The summed E-state index contributed by atoms with van der Waals surface area (Å²) >= 11 is 0. The number of carboxylic acids is 1. The maximum Gasteiger partial charge on any atom is 0.336 e. The first-order valence-electron chi connectivity index (χ1n) is 5.29. The number of amides is 1. The van der Waals surface area contributed by atoms with Crippen LogP contribution in [0.4, 0.5) is 0 Å². The summed E-state index contributed by atoms with van der Waals surface area (Å²) in [6, 6.07) is 5.62. The van der Waals surface area contributed by atoms with Gasteiger partial charge in [0.2, 0.25) is 0 Å². The first-order valence-corrected chi connectivity index (χ1v) is 5.29. The van der Waals surface area contributed by atoms with Crippen molar-refractivity contribution in [2.75, 3.05) is 0 Å². The van der Waals surface area contributed by atoms with Gasteiger partial charge in [0.15, 0.2) is 6.19 Å². The average Bonchev–Trinajstić information content (AvgIpc) is 2.35. The Balaban J connectivity index is 2.98. The molecule has 1 aromatic rings. The van der Waals surface area contributed by atoms with Gasteiger partial charge in [-0.25, -0.2) is 9.80 Å². The highest BCUT2D eigenvalue weighted by Crippen LogP contribution is 2.09. The van der Waals surface area contributed by atoms with Crippen molar-refractivity contribution >= 4 is 11.9 Å². The summed E-state index contributed by atoms with van der Waals surface area (Å²) < 4.78 is 0. The maximum atomic E-state index is 11.9. The second-order valence-electron chi connectivity index (χ2n) is 3.86. The molecule has 18 heavy (non-hydrogen) atoms. The number of carbonyl (C=O) groups is 2. The largest absolute Gasteiger partial charge is 0.478 e. The smallest absolute Gasteiger partial charge is 0.336 e. The van der Waals surface area contributed by atoms with Crippen LogP contribution >= 0.6 is 0 Å². The molecule has 1 rings (SSSR count). The Kier molecular flexibility index (Phi) is 4.27. The molecule has 0 heterocycles. The lowest BCUT2D eigenvalue weighted by atomic mass is 10.1. The molecule has 0 aromatic heterocycles. The molecule has 0 fully saturated rings. The van der Waals surface area contributed by atoms with Crippen molar-refractivity contribution in [2.45, 2.75) is 19.9 Å². The summed E-state index contributed by atoms with van der Waals surface area (Å²) in [5, 5.41) is 18.8. The van der Waals surface area contributed by atoms with E-state index >= 15 is 0 Å². The molecule has 2 N–H and O–H groups in total. The first kappa shape index (κ1) is 13.5. The third-order valence-electron chi connectivity index (χ3n) is 2.25. The van der Waals surface area contributed by atoms with E-state index < -0.39 is 11.9 Å². The summed E-state index contributed by atoms with van der Waals surface area (Å²) in [6.45, 7) is 3.46. The van der Waals surface area contributed by atoms with Crippen LogP contribution < -0.4 is 5.43 Å². The van der Waals surface area contributed by atoms with Crippen LogP contribution in [-0.2, 0) is 0 Å². The zero-order chi connectivity index (χ0) is 13.7. The van der Waals surface area contributed by atoms with Gasteiger partial charge in [-0.2, -0.15) is 5.26 Å². The Hall–Kier alpha value is -2.55. The zero-order valence-corrected chi connectivity index (χ0v) is 10.0. The van der Waals surface area contributed by atoms with Gasteiger partial charge in [0.05, 0.1) is 17.2 Å². The minimum Gasteiger partial charge on any atom is -0.478 e. The van der Waals surface area contributed by atoms with Gasteiger partial charge in [-0.1, -0.05) is 12.1 Å². The van der Waals surface area contributed by atoms with E-state index in [1.54, 1.807) is 26.1 Å². The fraction of sp³-hybridized carbons (Fsp3) is 0.250. The fourth-order valence-corrected chi connectivity index (χ4v) is 1.31. The number of nitrogens with one attached hydrogen (secondary N) is 1. The summed E-state index contributed by atoms with van der Waals surface area (Å²) in [6.07, 6.45) is 1.80. The van der Waals surface area contributed by atoms with Gasteiger partial charge in [0.1, 0.15) is 0 Å². The number of hydrazine groups is 1. The molecule has 6 heteroatoms. The van der Waals surface area contributed by atoms with E-state index in [0.29, 0.717) is 0 Å². The van der Waals surface area contributed by atoms with Crippen LogP contribution in [0, 0.1) is 11.5 Å². The van der Waals surface area contributed by atoms with E-state index in [9.17, 15) is 9.59 Å². The highest BCUT2D eigenvalue weighted by Gasteiger charge is 2.18. The third kappa shape index (κ3) is 2.98. The summed E-state index contributed by atoms with van der Waals surface area (Å²) in [5.74, 6) is -1.81. The van der Waals surface area contributed by atoms with Gasteiger partial charge >= 0.3 is 5.97 Å². The Morgan fingerprint density at radius 3 is 2.33 bits per heavy atom. The minimum absolute atomic E-state index is 0.0194. The molecule has 0 radical (unpaired) electrons. The van der Waals surface area contributed by atoms with Crippen LogP contribution in [0.3, 0.4) is 0 Å². The second kappa shape index (κ2) is 5.68. The fourth-order valence-electron chi connectivity index (χ4n) is 1.31. The van der Waals surface area contributed by atoms with Crippen molar-refractivity contribution in [3.63, 3.8) is 0 Å². The molecule has 0 saturated heterocycles. The Morgan fingerprint density at radius 1 is 1.33 bits per heavy atom. The van der Waals surface area contributed by atoms with Crippen molar-refractivity contribution < 1.29 is 14.7 Å². The van der Waals surface area contributed by atoms with Gasteiger partial charge in [-0.15, -0.1) is 0 Å². The van der Waals surface area contributed by atoms with Crippen molar-refractivity contribution in [3.8, 4) is 6.19 Å². The molecule has 0 aliphatic carbocycles. The lowest BCUT2D eigenvalue weighted by Gasteiger charge is -2.20. The van der Waals surface area contributed by atoms with Crippen molar-refractivity contribution in [1.29, 1.82) is 5.26 Å². The molecule has 1 amide bonds. The average molecular weight is 247 g/mol. The van der Waals surface area contributed by atoms with E-state index in [1.807, 2.05) is 0 Å². The van der Waals surface area contributed by atoms with Crippen molar-refractivity contribution in [1.82, 2.24) is 10.4 Å². The van der Waals surface area contributed by atoms with E-state index in [2.05, 4.69) is 5.43 Å². The number of carboxylic acid groups (broad SMARTS) is 1. The molecule has 94 valence electrons. The number of nitriles is 1. The molecule has 0 aliphatic rings. The van der Waals surface area contributed by atoms with Gasteiger partial charge in [0.25, 0.3) is 5.91 Å². The number of rotatable bonds is 4. The standard InChI is InChI=1S/C12H13N3O3/c1-8(2)15(7-13)14-11(16)9-5-3-4-6-10(9)12(17)18/h3-6,8H,1-2H3,(H,14,16)(H,17,18). The predicted octanol–water partition coefficient (Wildman–Crippen LogP) is 1.22.